The average Bonchev–Trinajstić information content (AvgIpc) is 2.59. The monoisotopic (exact) mass is 350 g/mol. The predicted molar refractivity (Wildman–Crippen MR) is 89.7 cm³/mol. The second-order valence-electron chi connectivity index (χ2n) is 4.76. The number of ether oxygens (including phenoxy) is 3. The minimum absolute atomic E-state index is 0.0452. The Bertz CT molecular complexity index is 775. The van der Waals surface area contributed by atoms with Gasteiger partial charge in [-0.05, 0) is 18.2 Å². The van der Waals surface area contributed by atoms with Gasteiger partial charge in [-0.25, -0.2) is 4.98 Å². The van der Waals surface area contributed by atoms with Gasteiger partial charge in [0.15, 0.2) is 5.16 Å². The number of nitrogens with zero attached hydrogens (tertiary/aromatic N) is 1. The number of hydrogen-bond acceptors (Lipinski definition) is 7. The fraction of sp³-hybridized carbons (Fsp3) is 0.312. The van der Waals surface area contributed by atoms with Gasteiger partial charge in [-0.15, -0.1) is 0 Å². The van der Waals surface area contributed by atoms with E-state index in [2.05, 4.69) is 14.7 Å². The number of methoxy groups -OCH3 is 3. The Labute approximate surface area is 143 Å². The van der Waals surface area contributed by atoms with Gasteiger partial charge in [-0.3, -0.25) is 9.59 Å². The molecule has 128 valence electrons. The van der Waals surface area contributed by atoms with Crippen LogP contribution in [0.3, 0.4) is 0 Å². The number of H-pyrrole nitrogens is 1. The van der Waals surface area contributed by atoms with Gasteiger partial charge >= 0.3 is 5.97 Å². The number of rotatable bonds is 7. The molecule has 8 heteroatoms. The van der Waals surface area contributed by atoms with Crippen LogP contribution in [0.25, 0.3) is 0 Å². The zero-order valence-electron chi connectivity index (χ0n) is 13.6. The van der Waals surface area contributed by atoms with Crippen molar-refractivity contribution >= 4 is 17.7 Å². The molecule has 0 radical (unpaired) electrons. The van der Waals surface area contributed by atoms with Crippen LogP contribution < -0.4 is 15.0 Å². The second kappa shape index (κ2) is 8.39. The van der Waals surface area contributed by atoms with E-state index in [1.807, 2.05) is 18.2 Å². The summed E-state index contributed by atoms with van der Waals surface area (Å²) in [7, 11) is 4.47. The zero-order valence-corrected chi connectivity index (χ0v) is 14.4. The summed E-state index contributed by atoms with van der Waals surface area (Å²) in [5, 5.41) is 0.422. The number of benzene rings is 1. The molecule has 0 bridgehead atoms. The molecule has 0 saturated heterocycles. The van der Waals surface area contributed by atoms with Gasteiger partial charge in [0.1, 0.15) is 11.5 Å². The van der Waals surface area contributed by atoms with E-state index < -0.39 is 5.97 Å². The van der Waals surface area contributed by atoms with E-state index in [0.717, 1.165) is 11.3 Å². The van der Waals surface area contributed by atoms with Crippen molar-refractivity contribution in [3.63, 3.8) is 0 Å². The van der Waals surface area contributed by atoms with Crippen LogP contribution >= 0.6 is 11.8 Å². The molecule has 0 unspecified atom stereocenters. The molecule has 0 amide bonds. The highest BCUT2D eigenvalue weighted by molar-refractivity contribution is 7.98. The fourth-order valence-electron chi connectivity index (χ4n) is 2.00. The average molecular weight is 350 g/mol. The molecule has 2 aromatic rings. The predicted octanol–water partition coefficient (Wildman–Crippen LogP) is 1.79. The molecule has 1 heterocycles. The van der Waals surface area contributed by atoms with Crippen LogP contribution in [0.5, 0.6) is 11.5 Å². The van der Waals surface area contributed by atoms with E-state index >= 15 is 0 Å². The third-order valence-corrected chi connectivity index (χ3v) is 4.10. The van der Waals surface area contributed by atoms with Crippen molar-refractivity contribution in [1.29, 1.82) is 0 Å². The summed E-state index contributed by atoms with van der Waals surface area (Å²) in [6.45, 7) is 0. The summed E-state index contributed by atoms with van der Waals surface area (Å²) in [6.07, 6.45) is -0.0452. The molecule has 1 aromatic heterocycles. The second-order valence-corrected chi connectivity index (χ2v) is 5.73. The molecule has 2 rings (SSSR count). The normalized spacial score (nSPS) is 10.3. The number of aromatic nitrogens is 2. The van der Waals surface area contributed by atoms with Crippen molar-refractivity contribution in [2.24, 2.45) is 0 Å². The molecular formula is C16H18N2O5S. The van der Waals surface area contributed by atoms with E-state index in [9.17, 15) is 9.59 Å². The van der Waals surface area contributed by atoms with Crippen LogP contribution in [0.15, 0.2) is 34.2 Å². The fourth-order valence-corrected chi connectivity index (χ4v) is 2.88. The lowest BCUT2D eigenvalue weighted by Crippen LogP contribution is -2.13. The number of esters is 1. The highest BCUT2D eigenvalue weighted by Crippen LogP contribution is 2.29. The number of carbonyl (C=O) groups excluding carboxylic acids is 1. The molecule has 1 N–H and O–H groups in total. The van der Waals surface area contributed by atoms with Gasteiger partial charge in [0.25, 0.3) is 5.56 Å². The molecule has 0 aliphatic carbocycles. The molecule has 0 aliphatic heterocycles. The Morgan fingerprint density at radius 2 is 2.00 bits per heavy atom. The van der Waals surface area contributed by atoms with Crippen LogP contribution in [0.1, 0.15) is 11.3 Å². The zero-order chi connectivity index (χ0) is 17.5. The molecule has 0 atom stereocenters. The first-order valence-corrected chi connectivity index (χ1v) is 8.05. The van der Waals surface area contributed by atoms with Gasteiger partial charge in [0.05, 0.1) is 33.4 Å². The molecule has 1 aromatic carbocycles. The topological polar surface area (TPSA) is 90.5 Å². The standard InChI is InChI=1S/C16H18N2O5S/c1-21-12-4-5-13(22-2)10(6-12)9-24-16-17-11(7-14(19)18-16)8-15(20)23-3/h4-7H,8-9H2,1-3H3,(H,17,18,19). The van der Waals surface area contributed by atoms with Gasteiger partial charge in [-0.1, -0.05) is 11.8 Å². The number of carbonyl (C=O) groups is 1. The summed E-state index contributed by atoms with van der Waals surface area (Å²) in [5.41, 5.74) is 0.956. The lowest BCUT2D eigenvalue weighted by Gasteiger charge is -2.10. The smallest absolute Gasteiger partial charge is 0.311 e. The molecule has 24 heavy (non-hydrogen) atoms. The Hall–Kier alpha value is -2.48. The third-order valence-electron chi connectivity index (χ3n) is 3.18. The lowest BCUT2D eigenvalue weighted by atomic mass is 10.2. The summed E-state index contributed by atoms with van der Waals surface area (Å²) < 4.78 is 15.1. The van der Waals surface area contributed by atoms with Crippen LogP contribution in [0.2, 0.25) is 0 Å². The number of nitrogens with one attached hydrogen (secondary N) is 1. The van der Waals surface area contributed by atoms with E-state index in [1.54, 1.807) is 14.2 Å². The van der Waals surface area contributed by atoms with Gasteiger partial charge < -0.3 is 19.2 Å². The quantitative estimate of drug-likeness (QED) is 0.462. The molecule has 0 saturated carbocycles. The van der Waals surface area contributed by atoms with Crippen molar-refractivity contribution in [1.82, 2.24) is 9.97 Å². The largest absolute Gasteiger partial charge is 0.497 e. The third kappa shape index (κ3) is 4.76. The SMILES string of the molecule is COC(=O)Cc1cc(=O)[nH]c(SCc2cc(OC)ccc2OC)n1. The first kappa shape index (κ1) is 17.9. The Kier molecular flexibility index (Phi) is 6.25. The van der Waals surface area contributed by atoms with Crippen molar-refractivity contribution in [2.75, 3.05) is 21.3 Å². The summed E-state index contributed by atoms with van der Waals surface area (Å²) in [5.74, 6) is 1.51. The van der Waals surface area contributed by atoms with Crippen molar-refractivity contribution in [3.8, 4) is 11.5 Å². The van der Waals surface area contributed by atoms with Crippen molar-refractivity contribution in [3.05, 3.63) is 45.9 Å². The Morgan fingerprint density at radius 3 is 2.67 bits per heavy atom. The van der Waals surface area contributed by atoms with Crippen molar-refractivity contribution in [2.45, 2.75) is 17.3 Å². The van der Waals surface area contributed by atoms with E-state index in [4.69, 9.17) is 9.47 Å². The first-order valence-electron chi connectivity index (χ1n) is 7.06. The first-order chi connectivity index (χ1) is 11.5. The van der Waals surface area contributed by atoms with Crippen LogP contribution in [0, 0.1) is 0 Å². The van der Waals surface area contributed by atoms with Crippen LogP contribution in [0.4, 0.5) is 0 Å². The molecule has 0 spiro atoms. The van der Waals surface area contributed by atoms with Crippen LogP contribution in [-0.2, 0) is 21.7 Å². The minimum Gasteiger partial charge on any atom is -0.497 e. The Morgan fingerprint density at radius 1 is 1.21 bits per heavy atom. The summed E-state index contributed by atoms with van der Waals surface area (Å²) in [6, 6.07) is 6.78. The highest BCUT2D eigenvalue weighted by atomic mass is 32.2. The molecule has 7 nitrogen and oxygen atoms in total. The maximum Gasteiger partial charge on any atom is 0.311 e. The maximum absolute atomic E-state index is 11.7. The number of aromatic amines is 1. The number of thioether (sulfide) groups is 1. The van der Waals surface area contributed by atoms with Gasteiger partial charge in [-0.2, -0.15) is 0 Å². The Balaban J connectivity index is 2.17. The van der Waals surface area contributed by atoms with Gasteiger partial charge in [0, 0.05) is 17.4 Å². The lowest BCUT2D eigenvalue weighted by molar-refractivity contribution is -0.139. The summed E-state index contributed by atoms with van der Waals surface area (Å²) in [4.78, 5) is 30.0. The van der Waals surface area contributed by atoms with E-state index in [-0.39, 0.29) is 12.0 Å². The minimum atomic E-state index is -0.446. The highest BCUT2D eigenvalue weighted by Gasteiger charge is 2.10. The summed E-state index contributed by atoms with van der Waals surface area (Å²) >= 11 is 1.33. The van der Waals surface area contributed by atoms with Gasteiger partial charge in [0.2, 0.25) is 0 Å². The van der Waals surface area contributed by atoms with Crippen LogP contribution in [-0.4, -0.2) is 37.3 Å². The van der Waals surface area contributed by atoms with E-state index in [1.165, 1.54) is 24.9 Å². The molecule has 0 aliphatic rings. The molecule has 0 fully saturated rings. The van der Waals surface area contributed by atoms with E-state index in [0.29, 0.717) is 22.4 Å². The maximum atomic E-state index is 11.7. The number of hydrogen-bond donors (Lipinski definition) is 1. The van der Waals surface area contributed by atoms with Crippen molar-refractivity contribution < 1.29 is 19.0 Å². The molecular weight excluding hydrogens is 332 g/mol.